The third kappa shape index (κ3) is 14.6. The van der Waals surface area contributed by atoms with Gasteiger partial charge in [-0.05, 0) is 95.0 Å². The number of amides is 4. The van der Waals surface area contributed by atoms with Crippen LogP contribution in [0.5, 0.6) is 0 Å². The third-order valence-electron chi connectivity index (χ3n) is 14.4. The average molecular weight is 1120 g/mol. The van der Waals surface area contributed by atoms with Crippen LogP contribution in [0.2, 0.25) is 0 Å². The van der Waals surface area contributed by atoms with E-state index in [1.54, 1.807) is 29.2 Å². The lowest BCUT2D eigenvalue weighted by Crippen LogP contribution is -2.63. The number of anilines is 1. The van der Waals surface area contributed by atoms with E-state index in [1.807, 2.05) is 22.8 Å². The van der Waals surface area contributed by atoms with Crippen LogP contribution in [0.15, 0.2) is 67.0 Å². The summed E-state index contributed by atoms with van der Waals surface area (Å²) in [6, 6.07) is 7.06. The molecule has 5 atom stereocenters. The zero-order valence-electron chi connectivity index (χ0n) is 44.1. The second kappa shape index (κ2) is 24.5. The first-order chi connectivity index (χ1) is 37.2. The number of aromatic nitrogens is 3. The molecule has 0 unspecified atom stereocenters. The molecule has 0 spiro atoms. The van der Waals surface area contributed by atoms with Gasteiger partial charge in [-0.25, -0.2) is 28.4 Å². The number of hydrogen-bond donors (Lipinski definition) is 5. The lowest BCUT2D eigenvalue weighted by atomic mass is 9.82. The van der Waals surface area contributed by atoms with Crippen LogP contribution in [0.1, 0.15) is 68.8 Å². The molecule has 4 heterocycles. The highest BCUT2D eigenvalue weighted by molar-refractivity contribution is 5.87. The third-order valence-corrected chi connectivity index (χ3v) is 14.4. The monoisotopic (exact) mass is 1120 g/mol. The topological polar surface area (TPSA) is 205 Å². The van der Waals surface area contributed by atoms with Crippen molar-refractivity contribution in [3.05, 3.63) is 101 Å². The van der Waals surface area contributed by atoms with Gasteiger partial charge in [-0.15, -0.1) is 0 Å². The van der Waals surface area contributed by atoms with Gasteiger partial charge >= 0.3 is 24.5 Å². The lowest BCUT2D eigenvalue weighted by molar-refractivity contribution is -0.221. The highest BCUT2D eigenvalue weighted by atomic mass is 19.4. The van der Waals surface area contributed by atoms with Gasteiger partial charge in [0.1, 0.15) is 29.5 Å². The minimum absolute atomic E-state index is 0.00529. The molecule has 2 saturated heterocycles. The normalized spacial score (nSPS) is 17.8. The van der Waals surface area contributed by atoms with Crippen molar-refractivity contribution in [2.24, 2.45) is 10.8 Å². The van der Waals surface area contributed by atoms with Crippen LogP contribution in [-0.2, 0) is 36.8 Å². The Kier molecular flexibility index (Phi) is 18.5. The number of carbonyl (C=O) groups is 4. The van der Waals surface area contributed by atoms with Crippen molar-refractivity contribution in [2.45, 2.75) is 102 Å². The van der Waals surface area contributed by atoms with Crippen LogP contribution in [0, 0.1) is 34.3 Å². The molecule has 0 radical (unpaired) electrons. The zero-order chi connectivity index (χ0) is 57.6. The Balaban J connectivity index is 1.19. The summed E-state index contributed by atoms with van der Waals surface area (Å²) in [6.07, 6.45) is -10.7. The molecular formula is C53H62F8N10O8. The first kappa shape index (κ1) is 59.6. The summed E-state index contributed by atoms with van der Waals surface area (Å²) in [5.74, 6) is 1.30. The van der Waals surface area contributed by atoms with E-state index in [1.165, 1.54) is 18.2 Å². The summed E-state index contributed by atoms with van der Waals surface area (Å²) in [7, 11) is 1.67. The summed E-state index contributed by atoms with van der Waals surface area (Å²) in [5.41, 5.74) is -3.11. The Morgan fingerprint density at radius 2 is 1.39 bits per heavy atom. The Bertz CT molecular complexity index is 2850. The number of halogens is 8. The van der Waals surface area contributed by atoms with E-state index in [-0.39, 0.29) is 23.3 Å². The molecule has 1 aliphatic carbocycles. The van der Waals surface area contributed by atoms with Crippen molar-refractivity contribution in [2.75, 3.05) is 65.1 Å². The maximum absolute atomic E-state index is 16.2. The second-order valence-electron chi connectivity index (χ2n) is 20.7. The number of pyridine rings is 1. The summed E-state index contributed by atoms with van der Waals surface area (Å²) in [6.45, 7) is 5.07. The second-order valence-corrected chi connectivity index (χ2v) is 20.7. The number of aliphatic hydroxyl groups excluding tert-OH is 1. The molecule has 2 aliphatic heterocycles. The van der Waals surface area contributed by atoms with Gasteiger partial charge in [-0.1, -0.05) is 24.0 Å². The Morgan fingerprint density at radius 1 is 0.797 bits per heavy atom. The van der Waals surface area contributed by atoms with Gasteiger partial charge in [-0.2, -0.15) is 31.4 Å². The van der Waals surface area contributed by atoms with Gasteiger partial charge in [0.15, 0.2) is 0 Å². The molecule has 1 saturated carbocycles. The lowest BCUT2D eigenvalue weighted by Gasteiger charge is -2.44. The molecule has 428 valence electrons. The van der Waals surface area contributed by atoms with E-state index < -0.39 is 108 Å². The van der Waals surface area contributed by atoms with Crippen LogP contribution in [0.3, 0.4) is 0 Å². The van der Waals surface area contributed by atoms with E-state index in [9.17, 15) is 50.6 Å². The smallest absolute Gasteiger partial charge is 0.407 e. The van der Waals surface area contributed by atoms with Crippen molar-refractivity contribution in [3.8, 4) is 23.1 Å². The number of alkyl carbamates (subject to hydrolysis) is 2. The number of fused-ring (bicyclic) bond motifs is 1. The van der Waals surface area contributed by atoms with Gasteiger partial charge in [0, 0.05) is 73.9 Å². The number of piperazine rings is 1. The number of ether oxygens (including phenoxy) is 3. The molecule has 18 nitrogen and oxygen atoms in total. The highest BCUT2D eigenvalue weighted by Gasteiger charge is 2.57. The largest absolute Gasteiger partial charge is 0.453 e. The van der Waals surface area contributed by atoms with Gasteiger partial charge < -0.3 is 40.2 Å². The molecule has 79 heavy (non-hydrogen) atoms. The van der Waals surface area contributed by atoms with Crippen LogP contribution in [0.4, 0.5) is 50.5 Å². The van der Waals surface area contributed by atoms with Crippen LogP contribution < -0.4 is 26.3 Å². The van der Waals surface area contributed by atoms with Crippen molar-refractivity contribution in [1.29, 1.82) is 0 Å². The molecule has 2 aromatic carbocycles. The predicted octanol–water partition coefficient (Wildman–Crippen LogP) is 6.03. The Morgan fingerprint density at radius 3 is 1.96 bits per heavy atom. The van der Waals surface area contributed by atoms with Crippen molar-refractivity contribution in [3.63, 3.8) is 0 Å². The van der Waals surface area contributed by atoms with E-state index >= 15 is 8.78 Å². The molecule has 4 amide bonds. The summed E-state index contributed by atoms with van der Waals surface area (Å²) >= 11 is 0. The number of hydrogen-bond acceptors (Lipinski definition) is 13. The quantitative estimate of drug-likeness (QED) is 0.0440. The number of nitrogens with zero attached hydrogens (tertiary/aromatic N) is 6. The molecule has 3 fully saturated rings. The van der Waals surface area contributed by atoms with Gasteiger partial charge in [0.25, 0.3) is 5.91 Å². The van der Waals surface area contributed by atoms with Crippen molar-refractivity contribution >= 4 is 29.8 Å². The maximum atomic E-state index is 16.2. The fourth-order valence-electron chi connectivity index (χ4n) is 8.95. The summed E-state index contributed by atoms with van der Waals surface area (Å²) in [4.78, 5) is 62.2. The predicted molar refractivity (Wildman–Crippen MR) is 269 cm³/mol. The Hall–Kier alpha value is -7.08. The summed E-state index contributed by atoms with van der Waals surface area (Å²) < 4.78 is 136. The molecule has 3 aliphatic rings. The number of nitrogens with one attached hydrogen (secondary N) is 4. The number of methoxy groups -OCH3 is 2. The first-order valence-corrected chi connectivity index (χ1v) is 25.2. The highest BCUT2D eigenvalue weighted by Crippen LogP contribution is 2.42. The van der Waals surface area contributed by atoms with E-state index in [4.69, 9.17) is 4.74 Å². The van der Waals surface area contributed by atoms with E-state index in [0.29, 0.717) is 62.6 Å². The van der Waals surface area contributed by atoms with Crippen LogP contribution in [0.25, 0.3) is 11.3 Å². The molecule has 7 rings (SSSR count). The number of alkyl halides is 6. The minimum atomic E-state index is -5.18. The Labute approximate surface area is 450 Å². The number of morpholine rings is 1. The number of carbonyl (C=O) groups excluding carboxylic acids is 4. The molecule has 4 aromatic rings. The van der Waals surface area contributed by atoms with Gasteiger partial charge in [-0.3, -0.25) is 24.6 Å². The summed E-state index contributed by atoms with van der Waals surface area (Å²) in [5, 5.41) is 23.2. The molecular weight excluding hydrogens is 1060 g/mol. The molecule has 26 heteroatoms. The fraction of sp³-hybridized carbons (Fsp3) is 0.509. The number of hydrazine groups is 1. The van der Waals surface area contributed by atoms with E-state index in [0.717, 1.165) is 71.2 Å². The average Bonchev–Trinajstić information content (AvgIpc) is 4.16. The minimum Gasteiger partial charge on any atom is -0.453 e. The van der Waals surface area contributed by atoms with Crippen molar-refractivity contribution in [1.82, 2.24) is 46.0 Å². The standard InChI is InChI=1S/C53H62F8N10O8/c1-50(2,52(56,57)58)44(64-48(75)77-5)46(73)63-41(23-32-10-7-31(8-11-32)9-12-33-13-16-43(62-26-33)69-20-19-68-21-22-79-30-36(68)27-69)42(72)29-70(67-47(74)45(65-49(76)78-6)51(3,4)53(59,60)61)28-37-38(54)24-34(25-39(37)55)40-17-18-71(66-40)35-14-15-35/h7-8,10-11,13,16-18,24-26,35-36,41-42,44-45,72H,14-15,19-23,27-30H2,1-6H3,(H,63,73)(H,64,75)(H,65,76)(H,67,74)/t36-,41+,42+,44-,45-/m1/s1. The molecule has 2 aromatic heterocycles. The molecule has 5 N–H and O–H groups in total. The fourth-order valence-corrected chi connectivity index (χ4v) is 8.95. The van der Waals surface area contributed by atoms with Gasteiger partial charge in [0.05, 0.1) is 68.2 Å². The number of benzene rings is 2. The SMILES string of the molecule is COC(=O)N[C@H](C(=O)N[C@@H](Cc1ccc(C#Cc2ccc(N3CCN4CCOC[C@H]4C3)nc2)cc1)[C@@H](O)CN(Cc1c(F)cc(-c2ccn(C3CC3)n2)cc1F)NC(=O)[C@@H](NC(=O)OC)C(C)(C)C(F)(F)F)C(C)(C)C(F)(F)F. The number of rotatable bonds is 18. The first-order valence-electron chi connectivity index (χ1n) is 25.2. The number of aliphatic hydroxyl groups is 1. The van der Waals surface area contributed by atoms with Crippen LogP contribution >= 0.6 is 0 Å². The van der Waals surface area contributed by atoms with Crippen molar-refractivity contribution < 1.29 is 73.6 Å². The van der Waals surface area contributed by atoms with Gasteiger partial charge in [0.2, 0.25) is 5.91 Å². The van der Waals surface area contributed by atoms with E-state index in [2.05, 4.69) is 51.9 Å². The molecule has 0 bridgehead atoms. The zero-order valence-corrected chi connectivity index (χ0v) is 44.1. The van der Waals surface area contributed by atoms with Crippen LogP contribution in [-0.4, -0.2) is 157 Å². The maximum Gasteiger partial charge on any atom is 0.407 e.